The minimum atomic E-state index is -0.242. The zero-order valence-corrected chi connectivity index (χ0v) is 10.1. The Bertz CT molecular complexity index is 240. The van der Waals surface area contributed by atoms with E-state index in [1.54, 1.807) is 0 Å². The highest BCUT2D eigenvalue weighted by Crippen LogP contribution is 2.34. The lowest BCUT2D eigenvalue weighted by atomic mass is 9.78. The van der Waals surface area contributed by atoms with Crippen LogP contribution >= 0.6 is 0 Å². The third kappa shape index (κ3) is 3.63. The molecule has 3 nitrogen and oxygen atoms in total. The summed E-state index contributed by atoms with van der Waals surface area (Å²) in [5.74, 6) is 0.665. The molecule has 0 saturated heterocycles. The van der Waals surface area contributed by atoms with Crippen LogP contribution in [0.2, 0.25) is 0 Å². The van der Waals surface area contributed by atoms with Crippen molar-refractivity contribution in [3.63, 3.8) is 0 Å². The first-order valence-corrected chi connectivity index (χ1v) is 6.15. The molecule has 3 heteroatoms. The summed E-state index contributed by atoms with van der Waals surface area (Å²) in [6.45, 7) is 6.34. The molecule has 1 saturated carbocycles. The first-order valence-electron chi connectivity index (χ1n) is 6.15. The van der Waals surface area contributed by atoms with Gasteiger partial charge in [-0.2, -0.15) is 0 Å². The molecule has 0 spiro atoms. The molecule has 1 aliphatic rings. The minimum Gasteiger partial charge on any atom is -0.463 e. The minimum absolute atomic E-state index is 0.242. The molecular weight excluding hydrogens is 204 g/mol. The van der Waals surface area contributed by atoms with E-state index >= 15 is 0 Å². The average molecular weight is 226 g/mol. The van der Waals surface area contributed by atoms with Gasteiger partial charge in [-0.05, 0) is 50.9 Å². The Hall–Kier alpha value is -0.830. The van der Waals surface area contributed by atoms with E-state index < -0.39 is 0 Å². The molecule has 92 valence electrons. The summed E-state index contributed by atoms with van der Waals surface area (Å²) in [5, 5.41) is 8.86. The maximum absolute atomic E-state index is 11.5. The van der Waals surface area contributed by atoms with Crippen LogP contribution in [0.1, 0.15) is 39.0 Å². The van der Waals surface area contributed by atoms with Crippen LogP contribution in [0.15, 0.2) is 12.2 Å². The van der Waals surface area contributed by atoms with Gasteiger partial charge >= 0.3 is 5.97 Å². The summed E-state index contributed by atoms with van der Waals surface area (Å²) in [6, 6.07) is 0. The van der Waals surface area contributed by atoms with Crippen LogP contribution in [0.25, 0.3) is 0 Å². The van der Waals surface area contributed by atoms with E-state index in [1.807, 2.05) is 6.92 Å². The molecule has 0 amide bonds. The lowest BCUT2D eigenvalue weighted by molar-refractivity contribution is -0.139. The van der Waals surface area contributed by atoms with Gasteiger partial charge < -0.3 is 9.84 Å². The zero-order chi connectivity index (χ0) is 12.0. The first kappa shape index (κ1) is 13.2. The number of aliphatic hydroxyl groups excluding tert-OH is 1. The Kier molecular flexibility index (Phi) is 5.53. The fourth-order valence-electron chi connectivity index (χ4n) is 2.37. The maximum atomic E-state index is 11.5. The Balaban J connectivity index is 2.35. The van der Waals surface area contributed by atoms with Crippen LogP contribution in [-0.4, -0.2) is 24.3 Å². The number of rotatable bonds is 5. The molecule has 0 bridgehead atoms. The highest BCUT2D eigenvalue weighted by atomic mass is 16.5. The Morgan fingerprint density at radius 2 is 2.00 bits per heavy atom. The normalized spacial score (nSPS) is 25.1. The highest BCUT2D eigenvalue weighted by molar-refractivity contribution is 5.88. The van der Waals surface area contributed by atoms with Crippen molar-refractivity contribution in [2.45, 2.75) is 39.0 Å². The van der Waals surface area contributed by atoms with Crippen molar-refractivity contribution in [1.29, 1.82) is 0 Å². The van der Waals surface area contributed by atoms with Gasteiger partial charge in [-0.3, -0.25) is 0 Å². The molecule has 0 heterocycles. The van der Waals surface area contributed by atoms with E-state index in [1.165, 1.54) is 0 Å². The van der Waals surface area contributed by atoms with Crippen LogP contribution in [0, 0.1) is 11.8 Å². The third-order valence-electron chi connectivity index (χ3n) is 3.41. The van der Waals surface area contributed by atoms with Crippen molar-refractivity contribution in [2.24, 2.45) is 11.8 Å². The molecule has 1 rings (SSSR count). The van der Waals surface area contributed by atoms with Gasteiger partial charge in [-0.15, -0.1) is 0 Å². The smallest absolute Gasteiger partial charge is 0.333 e. The average Bonchev–Trinajstić information content (AvgIpc) is 2.30. The van der Waals surface area contributed by atoms with Crippen molar-refractivity contribution >= 4 is 5.97 Å². The van der Waals surface area contributed by atoms with E-state index in [4.69, 9.17) is 9.84 Å². The van der Waals surface area contributed by atoms with Gasteiger partial charge in [0.15, 0.2) is 0 Å². The Morgan fingerprint density at radius 3 is 2.50 bits per heavy atom. The largest absolute Gasteiger partial charge is 0.463 e. The predicted octanol–water partition coefficient (Wildman–Crippen LogP) is 2.29. The SMILES string of the molecule is C=C(C(=O)OCC)C1CCC(CCO)CC1. The lowest BCUT2D eigenvalue weighted by Gasteiger charge is -2.28. The van der Waals surface area contributed by atoms with Crippen LogP contribution < -0.4 is 0 Å². The van der Waals surface area contributed by atoms with Crippen molar-refractivity contribution < 1.29 is 14.6 Å². The number of carbonyl (C=O) groups is 1. The quantitative estimate of drug-likeness (QED) is 0.578. The highest BCUT2D eigenvalue weighted by Gasteiger charge is 2.26. The van der Waals surface area contributed by atoms with E-state index in [9.17, 15) is 4.79 Å². The second-order valence-corrected chi connectivity index (χ2v) is 4.48. The summed E-state index contributed by atoms with van der Waals surface area (Å²) in [4.78, 5) is 11.5. The maximum Gasteiger partial charge on any atom is 0.333 e. The van der Waals surface area contributed by atoms with Gasteiger partial charge in [0.1, 0.15) is 0 Å². The number of hydrogen-bond acceptors (Lipinski definition) is 3. The van der Waals surface area contributed by atoms with E-state index in [-0.39, 0.29) is 18.5 Å². The van der Waals surface area contributed by atoms with Gasteiger partial charge in [0.2, 0.25) is 0 Å². The number of ether oxygens (including phenoxy) is 1. The van der Waals surface area contributed by atoms with Crippen LogP contribution in [0.3, 0.4) is 0 Å². The lowest BCUT2D eigenvalue weighted by Crippen LogP contribution is -2.21. The number of aliphatic hydroxyl groups is 1. The Morgan fingerprint density at radius 1 is 1.38 bits per heavy atom. The monoisotopic (exact) mass is 226 g/mol. The van der Waals surface area contributed by atoms with E-state index in [0.717, 1.165) is 32.1 Å². The molecule has 0 aromatic carbocycles. The summed E-state index contributed by atoms with van der Waals surface area (Å²) < 4.78 is 4.95. The fraction of sp³-hybridized carbons (Fsp3) is 0.769. The van der Waals surface area contributed by atoms with Crippen molar-refractivity contribution in [3.8, 4) is 0 Å². The van der Waals surface area contributed by atoms with Crippen LogP contribution in [-0.2, 0) is 9.53 Å². The van der Waals surface area contributed by atoms with E-state index in [2.05, 4.69) is 6.58 Å². The van der Waals surface area contributed by atoms with Gasteiger partial charge in [0, 0.05) is 12.2 Å². The van der Waals surface area contributed by atoms with Crippen LogP contribution in [0.4, 0.5) is 0 Å². The number of carbonyl (C=O) groups excluding carboxylic acids is 1. The Labute approximate surface area is 97.5 Å². The second kappa shape index (κ2) is 6.69. The van der Waals surface area contributed by atoms with Gasteiger partial charge in [0.25, 0.3) is 0 Å². The predicted molar refractivity (Wildman–Crippen MR) is 62.9 cm³/mol. The summed E-state index contributed by atoms with van der Waals surface area (Å²) in [6.07, 6.45) is 5.07. The van der Waals surface area contributed by atoms with Crippen molar-refractivity contribution in [2.75, 3.05) is 13.2 Å². The standard InChI is InChI=1S/C13H22O3/c1-3-16-13(15)10(2)12-6-4-11(5-7-12)8-9-14/h11-12,14H,2-9H2,1H3. The summed E-state index contributed by atoms with van der Waals surface area (Å²) in [7, 11) is 0. The van der Waals surface area contributed by atoms with Crippen molar-refractivity contribution in [3.05, 3.63) is 12.2 Å². The summed E-state index contributed by atoms with van der Waals surface area (Å²) in [5.41, 5.74) is 0.629. The molecule has 1 fully saturated rings. The number of esters is 1. The third-order valence-corrected chi connectivity index (χ3v) is 3.41. The summed E-state index contributed by atoms with van der Waals surface area (Å²) >= 11 is 0. The van der Waals surface area contributed by atoms with Crippen LogP contribution in [0.5, 0.6) is 0 Å². The molecule has 0 radical (unpaired) electrons. The molecule has 1 N–H and O–H groups in total. The van der Waals surface area contributed by atoms with E-state index in [0.29, 0.717) is 18.1 Å². The molecule has 0 atom stereocenters. The molecule has 0 aromatic heterocycles. The molecule has 16 heavy (non-hydrogen) atoms. The topological polar surface area (TPSA) is 46.5 Å². The number of hydrogen-bond donors (Lipinski definition) is 1. The fourth-order valence-corrected chi connectivity index (χ4v) is 2.37. The van der Waals surface area contributed by atoms with Crippen molar-refractivity contribution in [1.82, 2.24) is 0 Å². The molecule has 0 aromatic rings. The second-order valence-electron chi connectivity index (χ2n) is 4.48. The molecule has 1 aliphatic carbocycles. The zero-order valence-electron chi connectivity index (χ0n) is 10.1. The molecule has 0 aliphatic heterocycles. The van der Waals surface area contributed by atoms with Gasteiger partial charge in [0.05, 0.1) is 6.61 Å². The van der Waals surface area contributed by atoms with Gasteiger partial charge in [-0.1, -0.05) is 6.58 Å². The first-order chi connectivity index (χ1) is 7.69. The molecular formula is C13H22O3. The molecule has 0 unspecified atom stereocenters. The van der Waals surface area contributed by atoms with Gasteiger partial charge in [-0.25, -0.2) is 4.79 Å².